The number of oxazole rings is 1. The molecular weight excluding hydrogens is 480 g/mol. The van der Waals surface area contributed by atoms with E-state index in [0.717, 1.165) is 61.2 Å². The zero-order valence-corrected chi connectivity index (χ0v) is 22.0. The Morgan fingerprint density at radius 1 is 1.14 bits per heavy atom. The van der Waals surface area contributed by atoms with E-state index in [1.165, 1.54) is 11.3 Å². The molecule has 0 radical (unpaired) electrons. The van der Waals surface area contributed by atoms with Crippen molar-refractivity contribution in [3.63, 3.8) is 0 Å². The quantitative estimate of drug-likeness (QED) is 0.411. The van der Waals surface area contributed by atoms with Gasteiger partial charge in [-0.1, -0.05) is 36.7 Å². The Labute approximate surface area is 217 Å². The summed E-state index contributed by atoms with van der Waals surface area (Å²) >= 11 is 7.68. The summed E-state index contributed by atoms with van der Waals surface area (Å²) in [5, 5.41) is 3.82. The molecule has 1 saturated heterocycles. The van der Waals surface area contributed by atoms with Crippen LogP contribution in [0.15, 0.2) is 52.9 Å². The minimum absolute atomic E-state index is 0.0593. The third-order valence-corrected chi connectivity index (χ3v) is 7.45. The van der Waals surface area contributed by atoms with E-state index in [1.807, 2.05) is 37.3 Å². The molecule has 1 aromatic heterocycles. The molecule has 2 aromatic carbocycles. The molecule has 1 N–H and O–H groups in total. The van der Waals surface area contributed by atoms with Gasteiger partial charge in [-0.2, -0.15) is 0 Å². The topological polar surface area (TPSA) is 61.6 Å². The highest BCUT2D eigenvalue weighted by Crippen LogP contribution is 2.25. The number of hydrogen-bond acceptors (Lipinski definition) is 6. The smallest absolute Gasteiger partial charge is 0.230 e. The van der Waals surface area contributed by atoms with E-state index in [9.17, 15) is 4.79 Å². The monoisotopic (exact) mass is 512 g/mol. The van der Waals surface area contributed by atoms with Crippen molar-refractivity contribution in [1.29, 1.82) is 0 Å². The second-order valence-electron chi connectivity index (χ2n) is 8.72. The molecule has 0 bridgehead atoms. The molecule has 0 atom stereocenters. The Balaban J connectivity index is 1.13. The van der Waals surface area contributed by atoms with Crippen LogP contribution in [0.3, 0.4) is 0 Å². The number of carbonyl (C=O) groups is 1. The molecule has 1 aliphatic rings. The van der Waals surface area contributed by atoms with Gasteiger partial charge in [-0.25, -0.2) is 4.98 Å². The minimum atomic E-state index is 0.0593. The summed E-state index contributed by atoms with van der Waals surface area (Å²) in [5.41, 5.74) is 4.34. The molecule has 0 saturated carbocycles. The fraction of sp³-hybridized carbons (Fsp3) is 0.407. The molecule has 35 heavy (non-hydrogen) atoms. The number of benzene rings is 2. The first-order valence-corrected chi connectivity index (χ1v) is 13.7. The predicted molar refractivity (Wildman–Crippen MR) is 145 cm³/mol. The van der Waals surface area contributed by atoms with Gasteiger partial charge in [0.1, 0.15) is 5.76 Å². The van der Waals surface area contributed by atoms with Crippen molar-refractivity contribution in [2.45, 2.75) is 26.0 Å². The molecular formula is C27H33ClN4O2S. The number of carbonyl (C=O) groups excluding carboxylic acids is 1. The zero-order chi connectivity index (χ0) is 24.6. The number of rotatable bonds is 10. The lowest BCUT2D eigenvalue weighted by atomic mass is 10.1. The van der Waals surface area contributed by atoms with Gasteiger partial charge in [0.15, 0.2) is 0 Å². The third-order valence-electron chi connectivity index (χ3n) is 6.27. The maximum absolute atomic E-state index is 12.3. The van der Waals surface area contributed by atoms with Crippen LogP contribution in [0, 0.1) is 6.92 Å². The standard InChI is InChI=1S/C27H33ClN4O2S/c1-3-21-7-9-22(10-8-21)27-30-25(20(2)34-27)18-35-19-26(33)29-11-12-31-13-15-32(16-14-31)24-6-4-5-23(28)17-24/h4-10,17H,3,11-16,18-19H2,1-2H3,(H,29,33). The Morgan fingerprint density at radius 3 is 2.63 bits per heavy atom. The molecule has 3 aromatic rings. The second kappa shape index (κ2) is 12.5. The molecule has 0 unspecified atom stereocenters. The lowest BCUT2D eigenvalue weighted by molar-refractivity contribution is -0.118. The zero-order valence-electron chi connectivity index (χ0n) is 20.4. The molecule has 186 valence electrons. The lowest BCUT2D eigenvalue weighted by Gasteiger charge is -2.36. The minimum Gasteiger partial charge on any atom is -0.441 e. The van der Waals surface area contributed by atoms with E-state index in [0.29, 0.717) is 23.9 Å². The first-order valence-electron chi connectivity index (χ1n) is 12.1. The summed E-state index contributed by atoms with van der Waals surface area (Å²) in [6.07, 6.45) is 1.01. The number of nitrogens with zero attached hydrogens (tertiary/aromatic N) is 3. The average molecular weight is 513 g/mol. The molecule has 1 aliphatic heterocycles. The van der Waals surface area contributed by atoms with Crippen LogP contribution in [0.4, 0.5) is 5.69 Å². The fourth-order valence-corrected chi connectivity index (χ4v) is 5.15. The number of hydrogen-bond donors (Lipinski definition) is 1. The highest BCUT2D eigenvalue weighted by atomic mass is 35.5. The van der Waals surface area contributed by atoms with Crippen molar-refractivity contribution in [2.24, 2.45) is 0 Å². The van der Waals surface area contributed by atoms with Crippen LogP contribution >= 0.6 is 23.4 Å². The number of piperazine rings is 1. The second-order valence-corrected chi connectivity index (χ2v) is 10.1. The normalized spacial score (nSPS) is 14.3. The summed E-state index contributed by atoms with van der Waals surface area (Å²) in [4.78, 5) is 21.7. The molecule has 1 fully saturated rings. The van der Waals surface area contributed by atoms with Crippen molar-refractivity contribution < 1.29 is 9.21 Å². The van der Waals surface area contributed by atoms with Gasteiger partial charge in [-0.3, -0.25) is 9.69 Å². The van der Waals surface area contributed by atoms with Gasteiger partial charge in [-0.05, 0) is 49.2 Å². The first kappa shape index (κ1) is 25.6. The van der Waals surface area contributed by atoms with Crippen LogP contribution in [0.1, 0.15) is 23.9 Å². The van der Waals surface area contributed by atoms with Crippen LogP contribution in [-0.4, -0.2) is 60.8 Å². The van der Waals surface area contributed by atoms with Crippen molar-refractivity contribution in [3.05, 3.63) is 70.6 Å². The third kappa shape index (κ3) is 7.26. The van der Waals surface area contributed by atoms with Gasteiger partial charge in [0, 0.05) is 61.3 Å². The number of aryl methyl sites for hydroxylation is 2. The van der Waals surface area contributed by atoms with Gasteiger partial charge in [-0.15, -0.1) is 11.8 Å². The van der Waals surface area contributed by atoms with Crippen LogP contribution in [0.25, 0.3) is 11.5 Å². The van der Waals surface area contributed by atoms with Crippen molar-refractivity contribution in [1.82, 2.24) is 15.2 Å². The van der Waals surface area contributed by atoms with Gasteiger partial charge in [0.05, 0.1) is 11.4 Å². The Morgan fingerprint density at radius 2 is 1.91 bits per heavy atom. The molecule has 0 spiro atoms. The maximum Gasteiger partial charge on any atom is 0.230 e. The van der Waals surface area contributed by atoms with Crippen molar-refractivity contribution in [2.75, 3.05) is 49.9 Å². The van der Waals surface area contributed by atoms with E-state index < -0.39 is 0 Å². The van der Waals surface area contributed by atoms with Crippen LogP contribution in [0.5, 0.6) is 0 Å². The number of amides is 1. The number of anilines is 1. The van der Waals surface area contributed by atoms with E-state index in [1.54, 1.807) is 11.8 Å². The van der Waals surface area contributed by atoms with Gasteiger partial charge >= 0.3 is 0 Å². The van der Waals surface area contributed by atoms with Crippen molar-refractivity contribution in [3.8, 4) is 11.5 Å². The van der Waals surface area contributed by atoms with Crippen LogP contribution in [0.2, 0.25) is 5.02 Å². The molecule has 6 nitrogen and oxygen atoms in total. The number of halogens is 1. The SMILES string of the molecule is CCc1ccc(-c2nc(CSCC(=O)NCCN3CCN(c4cccc(Cl)c4)CC3)c(C)o2)cc1. The summed E-state index contributed by atoms with van der Waals surface area (Å²) < 4.78 is 5.86. The molecule has 4 rings (SSSR count). The number of thioether (sulfide) groups is 1. The summed E-state index contributed by atoms with van der Waals surface area (Å²) in [7, 11) is 0. The van der Waals surface area contributed by atoms with Crippen LogP contribution in [-0.2, 0) is 17.0 Å². The summed E-state index contributed by atoms with van der Waals surface area (Å²) in [5.74, 6) is 2.57. The maximum atomic E-state index is 12.3. The Bertz CT molecular complexity index is 1110. The Hall–Kier alpha value is -2.48. The average Bonchev–Trinajstić information content (AvgIpc) is 3.25. The fourth-order valence-electron chi connectivity index (χ4n) is 4.12. The van der Waals surface area contributed by atoms with Gasteiger partial charge in [0.2, 0.25) is 11.8 Å². The van der Waals surface area contributed by atoms with Crippen molar-refractivity contribution >= 4 is 35.0 Å². The molecule has 1 amide bonds. The molecule has 8 heteroatoms. The lowest BCUT2D eigenvalue weighted by Crippen LogP contribution is -2.48. The number of aromatic nitrogens is 1. The van der Waals surface area contributed by atoms with Crippen LogP contribution < -0.4 is 10.2 Å². The van der Waals surface area contributed by atoms with E-state index in [4.69, 9.17) is 16.0 Å². The predicted octanol–water partition coefficient (Wildman–Crippen LogP) is 5.04. The number of nitrogens with one attached hydrogen (secondary N) is 1. The summed E-state index contributed by atoms with van der Waals surface area (Å²) in [6, 6.07) is 16.3. The van der Waals surface area contributed by atoms with E-state index >= 15 is 0 Å². The Kier molecular flexibility index (Phi) is 9.12. The van der Waals surface area contributed by atoms with E-state index in [2.05, 4.69) is 45.2 Å². The van der Waals surface area contributed by atoms with Gasteiger partial charge in [0.25, 0.3) is 0 Å². The first-order chi connectivity index (χ1) is 17.0. The highest BCUT2D eigenvalue weighted by molar-refractivity contribution is 7.99. The molecule has 0 aliphatic carbocycles. The highest BCUT2D eigenvalue weighted by Gasteiger charge is 2.17. The van der Waals surface area contributed by atoms with Gasteiger partial charge < -0.3 is 14.6 Å². The largest absolute Gasteiger partial charge is 0.441 e. The van der Waals surface area contributed by atoms with E-state index in [-0.39, 0.29) is 5.91 Å². The summed E-state index contributed by atoms with van der Waals surface area (Å²) in [6.45, 7) is 9.48. The molecule has 2 heterocycles.